The van der Waals surface area contributed by atoms with Crippen molar-refractivity contribution in [3.63, 3.8) is 0 Å². The summed E-state index contributed by atoms with van der Waals surface area (Å²) >= 11 is 0.953. The van der Waals surface area contributed by atoms with Crippen LogP contribution in [0.3, 0.4) is 0 Å². The van der Waals surface area contributed by atoms with E-state index in [2.05, 4.69) is 0 Å². The third-order valence-corrected chi connectivity index (χ3v) is 0.604. The Morgan fingerprint density at radius 3 is 2.29 bits per heavy atom. The van der Waals surface area contributed by atoms with Crippen LogP contribution in [-0.2, 0) is 0 Å². The Labute approximate surface area is 90.8 Å². The van der Waals surface area contributed by atoms with Crippen molar-refractivity contribution in [1.82, 2.24) is 0 Å². The molecule has 0 rings (SSSR count). The monoisotopic (exact) mass is 138 g/mol. The fourth-order valence-corrected chi connectivity index (χ4v) is 0.194. The van der Waals surface area contributed by atoms with Crippen molar-refractivity contribution in [2.75, 3.05) is 5.75 Å². The Bertz CT molecular complexity index is 90.8. The molecule has 0 aromatic rings. The molecular weight excluding hydrogens is 135 g/mol. The molecule has 0 saturated heterocycles. The minimum atomic E-state index is 0. The van der Waals surface area contributed by atoms with Gasteiger partial charge in [-0.2, -0.15) is 10.5 Å². The van der Waals surface area contributed by atoms with Crippen LogP contribution >= 0.6 is 11.8 Å². The maximum atomic E-state index is 7.78. The second-order valence-corrected chi connectivity index (χ2v) is 1.30. The van der Waals surface area contributed by atoms with Crippen molar-refractivity contribution in [2.24, 2.45) is 0 Å². The van der Waals surface area contributed by atoms with E-state index in [9.17, 15) is 0 Å². The van der Waals surface area contributed by atoms with Gasteiger partial charge in [0.15, 0.2) is 0 Å². The van der Waals surface area contributed by atoms with Crippen molar-refractivity contribution in [3.05, 3.63) is 0 Å². The van der Waals surface area contributed by atoms with Gasteiger partial charge in [-0.1, -0.05) is 0 Å². The number of hydrogen-bond donors (Lipinski definition) is 0. The van der Waals surface area contributed by atoms with Gasteiger partial charge in [-0.25, -0.2) is 0 Å². The van der Waals surface area contributed by atoms with Crippen LogP contribution in [0.25, 0.3) is 0 Å². The quantitative estimate of drug-likeness (QED) is 0.236. The number of thioether (sulfide) groups is 1. The van der Waals surface area contributed by atoms with Crippen LogP contribution < -0.4 is 51.4 Å². The average Bonchev–Trinajstić information content (AvgIpc) is 1.61. The zero-order valence-electron chi connectivity index (χ0n) is 5.01. The van der Waals surface area contributed by atoms with E-state index >= 15 is 0 Å². The molecule has 0 spiro atoms. The van der Waals surface area contributed by atoms with Gasteiger partial charge < -0.3 is 1.43 Å². The number of thiocyanates is 1. The molecule has 0 aromatic heterocycles. The minimum absolute atomic E-state index is 0. The Kier molecular flexibility index (Phi) is 15.6. The molecule has 0 atom stereocenters. The summed E-state index contributed by atoms with van der Waals surface area (Å²) in [5.41, 5.74) is 0. The summed E-state index contributed by atoms with van der Waals surface area (Å²) in [7, 11) is 0. The molecule has 2 nitrogen and oxygen atoms in total. The molecule has 7 heavy (non-hydrogen) atoms. The van der Waals surface area contributed by atoms with E-state index in [-0.39, 0.29) is 58.6 Å². The SMILES string of the molecule is N#CCSC#N.[H-].[K+]. The normalized spacial score (nSPS) is 4.86. The topological polar surface area (TPSA) is 47.6 Å². The van der Waals surface area contributed by atoms with E-state index in [1.165, 1.54) is 0 Å². The molecule has 0 N–H and O–H groups in total. The van der Waals surface area contributed by atoms with Crippen LogP contribution in [0.1, 0.15) is 1.43 Å². The van der Waals surface area contributed by atoms with E-state index in [4.69, 9.17) is 10.5 Å². The van der Waals surface area contributed by atoms with Crippen molar-refractivity contribution in [3.8, 4) is 11.5 Å². The van der Waals surface area contributed by atoms with Gasteiger partial charge in [-0.05, 0) is 11.8 Å². The van der Waals surface area contributed by atoms with Gasteiger partial charge in [0.25, 0.3) is 0 Å². The Morgan fingerprint density at radius 1 is 1.57 bits per heavy atom. The molecule has 0 aliphatic carbocycles. The molecule has 0 aliphatic heterocycles. The van der Waals surface area contributed by atoms with Crippen LogP contribution in [0.15, 0.2) is 0 Å². The Morgan fingerprint density at radius 2 is 2.14 bits per heavy atom. The third-order valence-electron chi connectivity index (χ3n) is 0.201. The summed E-state index contributed by atoms with van der Waals surface area (Å²) in [4.78, 5) is 0. The molecule has 0 bridgehead atoms. The van der Waals surface area contributed by atoms with Crippen molar-refractivity contribution in [1.29, 1.82) is 10.5 Å². The van der Waals surface area contributed by atoms with E-state index in [0.717, 1.165) is 11.8 Å². The molecule has 0 unspecified atom stereocenters. The first kappa shape index (κ1) is 10.9. The molecule has 0 fully saturated rings. The van der Waals surface area contributed by atoms with Crippen LogP contribution in [0.4, 0.5) is 0 Å². The molecule has 0 amide bonds. The summed E-state index contributed by atoms with van der Waals surface area (Å²) in [5, 5.41) is 17.3. The summed E-state index contributed by atoms with van der Waals surface area (Å²) in [5.74, 6) is 0.274. The second-order valence-electron chi connectivity index (χ2n) is 0.538. The van der Waals surface area contributed by atoms with Gasteiger partial charge in [-0.3, -0.25) is 0 Å². The van der Waals surface area contributed by atoms with E-state index in [1.54, 1.807) is 5.40 Å². The van der Waals surface area contributed by atoms with Gasteiger partial charge in [0.05, 0.1) is 11.8 Å². The standard InChI is InChI=1S/C3H2N2S.K.H/c4-1-2-6-3-5;;/h2H2;;/q;+1;-1. The van der Waals surface area contributed by atoms with Gasteiger partial charge >= 0.3 is 51.4 Å². The maximum absolute atomic E-state index is 7.78. The average molecular weight is 138 g/mol. The fraction of sp³-hybridized carbons (Fsp3) is 0.333. The predicted molar refractivity (Wildman–Crippen MR) is 24.8 cm³/mol. The molecule has 0 radical (unpaired) electrons. The zero-order valence-corrected chi connectivity index (χ0v) is 7.95. The van der Waals surface area contributed by atoms with Gasteiger partial charge in [0, 0.05) is 0 Å². The molecule has 0 aliphatic rings. The summed E-state index contributed by atoms with van der Waals surface area (Å²) in [6.07, 6.45) is 0. The smallest absolute Gasteiger partial charge is 1.00 e. The predicted octanol–water partition coefficient (Wildman–Crippen LogP) is -2.16. The second kappa shape index (κ2) is 10.1. The molecule has 32 valence electrons. The largest absolute Gasteiger partial charge is 1.00 e. The number of nitrogens with zero attached hydrogens (tertiary/aromatic N) is 2. The molecule has 4 heteroatoms. The summed E-state index contributed by atoms with van der Waals surface area (Å²) < 4.78 is 0. The van der Waals surface area contributed by atoms with Crippen molar-refractivity contribution in [2.45, 2.75) is 0 Å². The molecular formula is C3H3KN2S. The van der Waals surface area contributed by atoms with Crippen LogP contribution in [-0.4, -0.2) is 5.75 Å². The third kappa shape index (κ3) is 10.9. The summed E-state index contributed by atoms with van der Waals surface area (Å²) in [6.45, 7) is 0. The van der Waals surface area contributed by atoms with Gasteiger partial charge in [0.1, 0.15) is 5.40 Å². The van der Waals surface area contributed by atoms with Gasteiger partial charge in [0.2, 0.25) is 0 Å². The first-order valence-electron chi connectivity index (χ1n) is 1.29. The Balaban J connectivity index is -0.000000125. The molecule has 0 saturated carbocycles. The van der Waals surface area contributed by atoms with E-state index in [0.29, 0.717) is 0 Å². The minimum Gasteiger partial charge on any atom is -1.00 e. The van der Waals surface area contributed by atoms with Gasteiger partial charge in [-0.15, -0.1) is 0 Å². The number of hydrogen-bond acceptors (Lipinski definition) is 3. The molecule has 0 heterocycles. The maximum Gasteiger partial charge on any atom is 1.00 e. The summed E-state index contributed by atoms with van der Waals surface area (Å²) in [6, 6.07) is 1.81. The van der Waals surface area contributed by atoms with Crippen molar-refractivity contribution < 1.29 is 52.8 Å². The van der Waals surface area contributed by atoms with E-state index in [1.807, 2.05) is 6.07 Å². The molecule has 0 aromatic carbocycles. The fourth-order valence-electron chi connectivity index (χ4n) is 0.0645. The first-order valence-corrected chi connectivity index (χ1v) is 2.28. The number of rotatable bonds is 1. The van der Waals surface area contributed by atoms with E-state index < -0.39 is 0 Å². The van der Waals surface area contributed by atoms with Crippen LogP contribution in [0.2, 0.25) is 0 Å². The van der Waals surface area contributed by atoms with Crippen LogP contribution in [0, 0.1) is 22.0 Å². The Hall–Kier alpha value is 0.966. The van der Waals surface area contributed by atoms with Crippen molar-refractivity contribution >= 4 is 11.8 Å². The number of nitriles is 2. The zero-order chi connectivity index (χ0) is 4.83. The first-order chi connectivity index (χ1) is 2.91. The van der Waals surface area contributed by atoms with Crippen LogP contribution in [0.5, 0.6) is 0 Å².